The number of rotatable bonds is 3. The molecule has 0 unspecified atom stereocenters. The van der Waals surface area contributed by atoms with E-state index in [2.05, 4.69) is 4.37 Å². The molecule has 78 valence electrons. The van der Waals surface area contributed by atoms with Gasteiger partial charge in [-0.25, -0.2) is 0 Å². The Labute approximate surface area is 99.4 Å². The Morgan fingerprint density at radius 3 is 2.80 bits per heavy atom. The maximum absolute atomic E-state index is 11.9. The first kappa shape index (κ1) is 10.6. The van der Waals surface area contributed by atoms with E-state index < -0.39 is 0 Å². The number of nitrogens with zero attached hydrogens (tertiary/aromatic N) is 1. The Morgan fingerprint density at radius 1 is 1.47 bits per heavy atom. The minimum absolute atomic E-state index is 0.0623. The van der Waals surface area contributed by atoms with Gasteiger partial charge in [-0.1, -0.05) is 11.6 Å². The lowest BCUT2D eigenvalue weighted by molar-refractivity contribution is 0.104. The molecule has 0 saturated carbocycles. The van der Waals surface area contributed by atoms with Gasteiger partial charge in [0.1, 0.15) is 4.88 Å². The lowest BCUT2D eigenvalue weighted by atomic mass is 10.3. The Morgan fingerprint density at radius 2 is 2.27 bits per heavy atom. The highest BCUT2D eigenvalue weighted by Gasteiger charge is 2.15. The summed E-state index contributed by atoms with van der Waals surface area (Å²) in [6.45, 7) is 0. The normalized spacial score (nSPS) is 10.3. The predicted octanol–water partition coefficient (Wildman–Crippen LogP) is 3.10. The fourth-order valence-electron chi connectivity index (χ4n) is 1.02. The standard InChI is InChI=1S/C9H6ClNO2S2/c1-13-8-4-6(15-11-8)9(12)5-2-3-7(10)14-5/h2-4H,1H3. The van der Waals surface area contributed by atoms with E-state index in [1.807, 2.05) is 0 Å². The van der Waals surface area contributed by atoms with Crippen molar-refractivity contribution in [3.8, 4) is 5.88 Å². The van der Waals surface area contributed by atoms with E-state index in [0.717, 1.165) is 11.5 Å². The number of hydrogen-bond acceptors (Lipinski definition) is 5. The molecule has 0 aliphatic heterocycles. The number of aromatic nitrogens is 1. The van der Waals surface area contributed by atoms with E-state index in [9.17, 15) is 4.79 Å². The van der Waals surface area contributed by atoms with Gasteiger partial charge < -0.3 is 4.74 Å². The maximum atomic E-state index is 11.9. The van der Waals surface area contributed by atoms with E-state index in [-0.39, 0.29) is 5.78 Å². The molecule has 0 radical (unpaired) electrons. The third-order valence-electron chi connectivity index (χ3n) is 1.72. The topological polar surface area (TPSA) is 39.2 Å². The Bertz CT molecular complexity index is 492. The maximum Gasteiger partial charge on any atom is 0.225 e. The average molecular weight is 260 g/mol. The molecule has 0 aliphatic carbocycles. The second kappa shape index (κ2) is 4.30. The summed E-state index contributed by atoms with van der Waals surface area (Å²) in [5.41, 5.74) is 0. The van der Waals surface area contributed by atoms with Crippen LogP contribution in [0.5, 0.6) is 5.88 Å². The van der Waals surface area contributed by atoms with Crippen LogP contribution in [0.25, 0.3) is 0 Å². The molecular weight excluding hydrogens is 254 g/mol. The Hall–Kier alpha value is -0.910. The molecule has 0 N–H and O–H groups in total. The second-order valence-electron chi connectivity index (χ2n) is 2.67. The van der Waals surface area contributed by atoms with Gasteiger partial charge in [-0.15, -0.1) is 11.3 Å². The van der Waals surface area contributed by atoms with Gasteiger partial charge in [-0.3, -0.25) is 4.79 Å². The van der Waals surface area contributed by atoms with E-state index in [1.54, 1.807) is 18.2 Å². The molecule has 3 nitrogen and oxygen atoms in total. The molecule has 0 saturated heterocycles. The quantitative estimate of drug-likeness (QED) is 0.795. The highest BCUT2D eigenvalue weighted by atomic mass is 35.5. The molecule has 2 aromatic heterocycles. The highest BCUT2D eigenvalue weighted by molar-refractivity contribution is 7.19. The number of hydrogen-bond donors (Lipinski definition) is 0. The number of carbonyl (C=O) groups is 1. The zero-order valence-electron chi connectivity index (χ0n) is 7.69. The minimum Gasteiger partial charge on any atom is -0.480 e. The minimum atomic E-state index is -0.0623. The number of carbonyl (C=O) groups excluding carboxylic acids is 1. The highest BCUT2D eigenvalue weighted by Crippen LogP contribution is 2.26. The van der Waals surface area contributed by atoms with Crippen molar-refractivity contribution in [2.75, 3.05) is 7.11 Å². The molecule has 2 aromatic rings. The van der Waals surface area contributed by atoms with Gasteiger partial charge in [0, 0.05) is 6.07 Å². The Balaban J connectivity index is 2.28. The molecule has 0 amide bonds. The van der Waals surface area contributed by atoms with Crippen LogP contribution in [0.1, 0.15) is 14.5 Å². The van der Waals surface area contributed by atoms with Crippen molar-refractivity contribution in [3.05, 3.63) is 32.3 Å². The summed E-state index contributed by atoms with van der Waals surface area (Å²) < 4.78 is 9.48. The zero-order valence-corrected chi connectivity index (χ0v) is 10.1. The molecule has 2 heterocycles. The van der Waals surface area contributed by atoms with Gasteiger partial charge in [-0.2, -0.15) is 4.37 Å². The van der Waals surface area contributed by atoms with Crippen molar-refractivity contribution < 1.29 is 9.53 Å². The Kier molecular flexibility index (Phi) is 3.04. The van der Waals surface area contributed by atoms with E-state index >= 15 is 0 Å². The number of ketones is 1. The smallest absolute Gasteiger partial charge is 0.225 e. The van der Waals surface area contributed by atoms with Gasteiger partial charge in [0.2, 0.25) is 11.7 Å². The fraction of sp³-hybridized carbons (Fsp3) is 0.111. The van der Waals surface area contributed by atoms with E-state index in [1.165, 1.54) is 18.4 Å². The fourth-order valence-corrected chi connectivity index (χ4v) is 2.74. The summed E-state index contributed by atoms with van der Waals surface area (Å²) in [6, 6.07) is 5.04. The van der Waals surface area contributed by atoms with Gasteiger partial charge in [0.15, 0.2) is 0 Å². The number of methoxy groups -OCH3 is 1. The largest absolute Gasteiger partial charge is 0.480 e. The van der Waals surface area contributed by atoms with Gasteiger partial charge in [0.05, 0.1) is 16.3 Å². The van der Waals surface area contributed by atoms with Crippen LogP contribution in [0.4, 0.5) is 0 Å². The molecule has 6 heteroatoms. The number of thiophene rings is 1. The second-order valence-corrected chi connectivity index (χ2v) is 5.19. The number of ether oxygens (including phenoxy) is 1. The molecule has 0 aromatic carbocycles. The predicted molar refractivity (Wildman–Crippen MR) is 61.4 cm³/mol. The van der Waals surface area contributed by atoms with Crippen molar-refractivity contribution in [1.82, 2.24) is 4.37 Å². The average Bonchev–Trinajstić information content (AvgIpc) is 2.84. The summed E-state index contributed by atoms with van der Waals surface area (Å²) in [7, 11) is 1.52. The molecule has 2 rings (SSSR count). The van der Waals surface area contributed by atoms with Crippen molar-refractivity contribution in [2.24, 2.45) is 0 Å². The summed E-state index contributed by atoms with van der Waals surface area (Å²) in [5, 5.41) is 0. The van der Waals surface area contributed by atoms with Gasteiger partial charge >= 0.3 is 0 Å². The molecule has 0 atom stereocenters. The molecule has 15 heavy (non-hydrogen) atoms. The van der Waals surface area contributed by atoms with E-state index in [4.69, 9.17) is 16.3 Å². The first-order valence-corrected chi connectivity index (χ1v) is 5.98. The lowest BCUT2D eigenvalue weighted by Crippen LogP contribution is -1.94. The van der Waals surface area contributed by atoms with Crippen molar-refractivity contribution in [1.29, 1.82) is 0 Å². The molecular formula is C9H6ClNO2S2. The third-order valence-corrected chi connectivity index (χ3v) is 3.72. The zero-order chi connectivity index (χ0) is 10.8. The first-order valence-electron chi connectivity index (χ1n) is 4.01. The first-order chi connectivity index (χ1) is 7.20. The van der Waals surface area contributed by atoms with Crippen molar-refractivity contribution in [2.45, 2.75) is 0 Å². The molecule has 0 spiro atoms. The van der Waals surface area contributed by atoms with Crippen LogP contribution in [0.2, 0.25) is 4.34 Å². The summed E-state index contributed by atoms with van der Waals surface area (Å²) in [6.07, 6.45) is 0. The monoisotopic (exact) mass is 259 g/mol. The van der Waals surface area contributed by atoms with E-state index in [0.29, 0.717) is 20.0 Å². The lowest BCUT2D eigenvalue weighted by Gasteiger charge is -1.90. The molecule has 0 fully saturated rings. The summed E-state index contributed by atoms with van der Waals surface area (Å²) in [4.78, 5) is 13.0. The van der Waals surface area contributed by atoms with Crippen LogP contribution < -0.4 is 4.74 Å². The summed E-state index contributed by atoms with van der Waals surface area (Å²) in [5.74, 6) is 0.402. The van der Waals surface area contributed by atoms with Crippen LogP contribution in [-0.4, -0.2) is 17.3 Å². The van der Waals surface area contributed by atoms with Crippen LogP contribution in [0, 0.1) is 0 Å². The molecule has 0 bridgehead atoms. The van der Waals surface area contributed by atoms with Crippen LogP contribution in [0.3, 0.4) is 0 Å². The molecule has 0 aliphatic rings. The third kappa shape index (κ3) is 2.19. The van der Waals surface area contributed by atoms with Crippen LogP contribution >= 0.6 is 34.5 Å². The van der Waals surface area contributed by atoms with Gasteiger partial charge in [0.25, 0.3) is 0 Å². The van der Waals surface area contributed by atoms with Crippen molar-refractivity contribution in [3.63, 3.8) is 0 Å². The number of halogens is 1. The SMILES string of the molecule is COc1cc(C(=O)c2ccc(Cl)s2)sn1. The summed E-state index contributed by atoms with van der Waals surface area (Å²) >= 11 is 8.14. The van der Waals surface area contributed by atoms with Crippen molar-refractivity contribution >= 4 is 40.3 Å². The van der Waals surface area contributed by atoms with Gasteiger partial charge in [-0.05, 0) is 23.7 Å². The van der Waals surface area contributed by atoms with Crippen LogP contribution in [0.15, 0.2) is 18.2 Å². The van der Waals surface area contributed by atoms with Crippen LogP contribution in [-0.2, 0) is 0 Å².